The molecule has 2 heterocycles. The summed E-state index contributed by atoms with van der Waals surface area (Å²) in [5.74, 6) is 1.03. The first kappa shape index (κ1) is 16.7. The zero-order chi connectivity index (χ0) is 15.7. The molecule has 3 nitrogen and oxygen atoms in total. The second kappa shape index (κ2) is 6.75. The molecule has 122 valence electrons. The van der Waals surface area contributed by atoms with Gasteiger partial charge in [-0.2, -0.15) is 4.57 Å². The fourth-order valence-corrected chi connectivity index (χ4v) is 3.30. The molecule has 3 aromatic rings. The topological polar surface area (TPSA) is 27.3 Å². The van der Waals surface area contributed by atoms with Crippen molar-refractivity contribution in [3.05, 3.63) is 96.2 Å². The maximum Gasteiger partial charge on any atom is 0.279 e. The van der Waals surface area contributed by atoms with Gasteiger partial charge in [0.15, 0.2) is 6.54 Å². The van der Waals surface area contributed by atoms with Crippen molar-refractivity contribution >= 4 is 22.8 Å². The number of aromatic nitrogens is 1. The van der Waals surface area contributed by atoms with E-state index in [4.69, 9.17) is 0 Å². The molecule has 1 aromatic heterocycles. The van der Waals surface area contributed by atoms with Crippen LogP contribution in [-0.4, -0.2) is 11.7 Å². The minimum Gasteiger partial charge on any atom is -0.346 e. The first-order chi connectivity index (χ1) is 11.3. The van der Waals surface area contributed by atoms with Gasteiger partial charge in [0, 0.05) is 11.6 Å². The molecule has 1 aliphatic rings. The minimum absolute atomic E-state index is 0. The van der Waals surface area contributed by atoms with E-state index in [-0.39, 0.29) is 17.0 Å². The van der Waals surface area contributed by atoms with Gasteiger partial charge in [-0.1, -0.05) is 66.7 Å². The number of β-amino-alcohol motifs (C(OH)–C–C–N with tert-alkyl or cyclic N) is 1. The summed E-state index contributed by atoms with van der Waals surface area (Å²) in [5, 5.41) is 11.4. The van der Waals surface area contributed by atoms with E-state index in [1.807, 2.05) is 71.4 Å². The fourth-order valence-electron chi connectivity index (χ4n) is 3.30. The molecule has 1 N–H and O–H groups in total. The summed E-state index contributed by atoms with van der Waals surface area (Å²) in [6.45, 7) is 1.32. The predicted molar refractivity (Wildman–Crippen MR) is 100 cm³/mol. The summed E-state index contributed by atoms with van der Waals surface area (Å²) in [6.07, 6.45) is 1.95. The van der Waals surface area contributed by atoms with Crippen LogP contribution in [0.5, 0.6) is 0 Å². The first-order valence-corrected chi connectivity index (χ1v) is 7.85. The van der Waals surface area contributed by atoms with E-state index in [9.17, 15) is 5.11 Å². The highest BCUT2D eigenvalue weighted by Crippen LogP contribution is 2.30. The van der Waals surface area contributed by atoms with Gasteiger partial charge in [0.25, 0.3) is 11.5 Å². The SMILES string of the molecule is Br.OC1(c2ccccc2)CN(Cc2ccccc2)c2cccc[n+]21. The molecule has 4 rings (SSSR count). The van der Waals surface area contributed by atoms with Crippen molar-refractivity contribution in [1.29, 1.82) is 0 Å². The number of benzene rings is 2. The van der Waals surface area contributed by atoms with Crippen LogP contribution in [0.15, 0.2) is 85.1 Å². The number of halogens is 1. The van der Waals surface area contributed by atoms with Gasteiger partial charge in [0.1, 0.15) is 6.54 Å². The Morgan fingerprint density at radius 2 is 1.50 bits per heavy atom. The van der Waals surface area contributed by atoms with Crippen LogP contribution in [-0.2, 0) is 12.3 Å². The van der Waals surface area contributed by atoms with Crippen molar-refractivity contribution in [2.24, 2.45) is 0 Å². The molecular weight excluding hydrogens is 364 g/mol. The van der Waals surface area contributed by atoms with Crippen LogP contribution in [0.3, 0.4) is 0 Å². The monoisotopic (exact) mass is 383 g/mol. The number of aliphatic hydroxyl groups is 1. The molecule has 1 unspecified atom stereocenters. The third-order valence-electron chi connectivity index (χ3n) is 4.42. The van der Waals surface area contributed by atoms with Crippen LogP contribution in [0.25, 0.3) is 0 Å². The van der Waals surface area contributed by atoms with Gasteiger partial charge in [-0.05, 0) is 11.6 Å². The summed E-state index contributed by atoms with van der Waals surface area (Å²) in [5.41, 5.74) is 1.11. The molecule has 0 bridgehead atoms. The second-order valence-electron chi connectivity index (χ2n) is 5.95. The van der Waals surface area contributed by atoms with E-state index in [2.05, 4.69) is 23.1 Å². The van der Waals surface area contributed by atoms with Crippen molar-refractivity contribution in [3.8, 4) is 0 Å². The molecule has 0 saturated carbocycles. The number of rotatable bonds is 3. The third-order valence-corrected chi connectivity index (χ3v) is 4.42. The van der Waals surface area contributed by atoms with E-state index in [0.717, 1.165) is 17.9 Å². The van der Waals surface area contributed by atoms with E-state index in [0.29, 0.717) is 6.54 Å². The Bertz CT molecular complexity index is 810. The van der Waals surface area contributed by atoms with Crippen LogP contribution in [0.4, 0.5) is 5.82 Å². The largest absolute Gasteiger partial charge is 0.346 e. The van der Waals surface area contributed by atoms with Crippen LogP contribution >= 0.6 is 17.0 Å². The Kier molecular flexibility index (Phi) is 4.69. The Balaban J connectivity index is 0.00000169. The molecule has 0 saturated heterocycles. The molecule has 4 heteroatoms. The highest BCUT2D eigenvalue weighted by atomic mass is 79.9. The van der Waals surface area contributed by atoms with E-state index in [1.165, 1.54) is 5.56 Å². The summed E-state index contributed by atoms with van der Waals surface area (Å²) in [7, 11) is 0. The van der Waals surface area contributed by atoms with E-state index >= 15 is 0 Å². The van der Waals surface area contributed by atoms with Gasteiger partial charge in [0.05, 0.1) is 6.20 Å². The lowest BCUT2D eigenvalue weighted by molar-refractivity contribution is -0.770. The second-order valence-corrected chi connectivity index (χ2v) is 5.95. The summed E-state index contributed by atoms with van der Waals surface area (Å²) in [4.78, 5) is 2.22. The van der Waals surface area contributed by atoms with E-state index in [1.54, 1.807) is 0 Å². The highest BCUT2D eigenvalue weighted by Gasteiger charge is 2.49. The smallest absolute Gasteiger partial charge is 0.279 e. The first-order valence-electron chi connectivity index (χ1n) is 7.85. The Morgan fingerprint density at radius 1 is 0.875 bits per heavy atom. The molecule has 0 amide bonds. The lowest BCUT2D eigenvalue weighted by Gasteiger charge is -2.19. The lowest BCUT2D eigenvalue weighted by Crippen LogP contribution is -2.55. The average Bonchev–Trinajstić information content (AvgIpc) is 2.91. The molecule has 0 fully saturated rings. The molecule has 1 aliphatic heterocycles. The number of pyridine rings is 1. The number of hydrogen-bond donors (Lipinski definition) is 1. The molecule has 24 heavy (non-hydrogen) atoms. The highest BCUT2D eigenvalue weighted by molar-refractivity contribution is 8.93. The van der Waals surface area contributed by atoms with Gasteiger partial charge < -0.3 is 5.11 Å². The zero-order valence-electron chi connectivity index (χ0n) is 13.2. The molecule has 0 radical (unpaired) electrons. The number of hydrogen-bond acceptors (Lipinski definition) is 2. The number of nitrogens with zero attached hydrogens (tertiary/aromatic N) is 2. The molecule has 0 spiro atoms. The molecular formula is C20H20BrN2O+. The van der Waals surface area contributed by atoms with Crippen molar-refractivity contribution in [2.75, 3.05) is 11.4 Å². The van der Waals surface area contributed by atoms with Gasteiger partial charge in [-0.25, -0.2) is 4.90 Å². The Morgan fingerprint density at radius 3 is 2.21 bits per heavy atom. The third kappa shape index (κ3) is 2.83. The van der Waals surface area contributed by atoms with E-state index < -0.39 is 5.72 Å². The standard InChI is InChI=1S/C20H19N2O.BrH/c23-20(18-11-5-2-6-12-18)16-21(15-17-9-3-1-4-10-17)19-13-7-8-14-22(19)20;/h1-14,23H,15-16H2;1H/q+1;. The molecule has 1 atom stereocenters. The quantitative estimate of drug-likeness (QED) is 0.702. The summed E-state index contributed by atoms with van der Waals surface area (Å²) < 4.78 is 1.96. The number of anilines is 1. The Labute approximate surface area is 152 Å². The summed E-state index contributed by atoms with van der Waals surface area (Å²) in [6, 6.07) is 26.3. The average molecular weight is 384 g/mol. The maximum atomic E-state index is 11.4. The van der Waals surface area contributed by atoms with Gasteiger partial charge in [0.2, 0.25) is 0 Å². The van der Waals surface area contributed by atoms with Crippen LogP contribution < -0.4 is 9.47 Å². The molecule has 2 aromatic carbocycles. The number of fused-ring (bicyclic) bond motifs is 1. The minimum atomic E-state index is -1.04. The maximum absolute atomic E-state index is 11.4. The van der Waals surface area contributed by atoms with Crippen molar-refractivity contribution in [1.82, 2.24) is 0 Å². The van der Waals surface area contributed by atoms with Crippen LogP contribution in [0.1, 0.15) is 11.1 Å². The Hall–Kier alpha value is -2.17. The van der Waals surface area contributed by atoms with Crippen molar-refractivity contribution in [2.45, 2.75) is 12.3 Å². The lowest BCUT2D eigenvalue weighted by atomic mass is 10.0. The van der Waals surface area contributed by atoms with Gasteiger partial charge >= 0.3 is 0 Å². The van der Waals surface area contributed by atoms with Gasteiger partial charge in [-0.15, -0.1) is 17.0 Å². The van der Waals surface area contributed by atoms with Crippen molar-refractivity contribution < 1.29 is 9.67 Å². The van der Waals surface area contributed by atoms with Crippen LogP contribution in [0, 0.1) is 0 Å². The normalized spacial score (nSPS) is 18.8. The fraction of sp³-hybridized carbons (Fsp3) is 0.150. The predicted octanol–water partition coefficient (Wildman–Crippen LogP) is 3.27. The van der Waals surface area contributed by atoms with Crippen molar-refractivity contribution in [3.63, 3.8) is 0 Å². The zero-order valence-corrected chi connectivity index (χ0v) is 15.0. The van der Waals surface area contributed by atoms with Crippen LogP contribution in [0.2, 0.25) is 0 Å². The molecule has 0 aliphatic carbocycles. The summed E-state index contributed by atoms with van der Waals surface area (Å²) >= 11 is 0. The van der Waals surface area contributed by atoms with Gasteiger partial charge in [-0.3, -0.25) is 0 Å².